The van der Waals surface area contributed by atoms with Crippen molar-refractivity contribution >= 4 is 23.2 Å². The molecule has 2 N–H and O–H groups in total. The van der Waals surface area contributed by atoms with E-state index in [1.807, 2.05) is 19.1 Å². The Kier molecular flexibility index (Phi) is 4.05. The minimum atomic E-state index is -0.362. The largest absolute Gasteiger partial charge is 0.459 e. The molecule has 0 aliphatic rings. The lowest BCUT2D eigenvalue weighted by molar-refractivity contribution is 0.0996. The van der Waals surface area contributed by atoms with Crippen molar-refractivity contribution in [2.75, 3.05) is 10.6 Å². The van der Waals surface area contributed by atoms with E-state index in [0.29, 0.717) is 11.6 Å². The number of rotatable bonds is 4. The van der Waals surface area contributed by atoms with Gasteiger partial charge in [0.05, 0.1) is 6.26 Å². The Labute approximate surface area is 133 Å². The normalized spacial score (nSPS) is 10.3. The van der Waals surface area contributed by atoms with E-state index in [1.54, 1.807) is 24.3 Å². The molecule has 0 radical (unpaired) electrons. The Hall–Kier alpha value is -3.15. The van der Waals surface area contributed by atoms with Crippen LogP contribution in [0.3, 0.4) is 0 Å². The molecule has 2 heterocycles. The van der Waals surface area contributed by atoms with Crippen LogP contribution in [0.15, 0.2) is 53.1 Å². The van der Waals surface area contributed by atoms with E-state index in [0.717, 1.165) is 11.3 Å². The highest BCUT2D eigenvalue weighted by atomic mass is 16.3. The van der Waals surface area contributed by atoms with Crippen molar-refractivity contribution in [2.45, 2.75) is 13.8 Å². The summed E-state index contributed by atoms with van der Waals surface area (Å²) < 4.78 is 5.02. The summed E-state index contributed by atoms with van der Waals surface area (Å²) in [6, 6.07) is 12.7. The molecule has 0 fully saturated rings. The third-order valence-corrected chi connectivity index (χ3v) is 3.52. The van der Waals surface area contributed by atoms with Gasteiger partial charge in [0.25, 0.3) is 5.91 Å². The number of hydrogen-bond acceptors (Lipinski definition) is 5. The van der Waals surface area contributed by atoms with Gasteiger partial charge in [-0.1, -0.05) is 12.1 Å². The van der Waals surface area contributed by atoms with E-state index in [9.17, 15) is 4.79 Å². The maximum Gasteiger partial charge on any atom is 0.292 e. The topological polar surface area (TPSA) is 80.0 Å². The fraction of sp³-hybridized carbons (Fsp3) is 0.118. The van der Waals surface area contributed by atoms with E-state index in [4.69, 9.17) is 4.42 Å². The van der Waals surface area contributed by atoms with E-state index >= 15 is 0 Å². The first-order valence-corrected chi connectivity index (χ1v) is 7.15. The molecule has 0 saturated heterocycles. The molecule has 0 atom stereocenters. The zero-order chi connectivity index (χ0) is 16.2. The number of benzene rings is 1. The average molecular weight is 308 g/mol. The van der Waals surface area contributed by atoms with Gasteiger partial charge in [-0.15, -0.1) is 10.2 Å². The number of aromatic nitrogens is 2. The molecule has 1 aromatic carbocycles. The van der Waals surface area contributed by atoms with Crippen molar-refractivity contribution in [3.8, 4) is 0 Å². The summed E-state index contributed by atoms with van der Waals surface area (Å²) in [7, 11) is 0. The first kappa shape index (κ1) is 14.8. The van der Waals surface area contributed by atoms with Crippen LogP contribution in [-0.4, -0.2) is 16.1 Å². The molecule has 0 spiro atoms. The number of anilines is 3. The van der Waals surface area contributed by atoms with Crippen molar-refractivity contribution < 1.29 is 9.21 Å². The molecular weight excluding hydrogens is 292 g/mol. The number of nitrogens with zero attached hydrogens (tertiary/aromatic N) is 2. The smallest absolute Gasteiger partial charge is 0.292 e. The van der Waals surface area contributed by atoms with E-state index < -0.39 is 0 Å². The van der Waals surface area contributed by atoms with E-state index in [1.165, 1.54) is 11.8 Å². The standard InChI is InChI=1S/C17H16N4O2/c1-11-5-3-6-13(12(11)2)18-15-8-9-16(21-20-15)19-17(22)14-7-4-10-23-14/h3-10H,1-2H3,(H,18,20)(H,19,21,22). The van der Waals surface area contributed by atoms with Crippen molar-refractivity contribution in [3.63, 3.8) is 0 Å². The Morgan fingerprint density at radius 2 is 1.78 bits per heavy atom. The van der Waals surface area contributed by atoms with Crippen LogP contribution in [0, 0.1) is 13.8 Å². The second kappa shape index (κ2) is 6.31. The number of hydrogen-bond donors (Lipinski definition) is 2. The molecule has 116 valence electrons. The molecule has 1 amide bonds. The highest BCUT2D eigenvalue weighted by Crippen LogP contribution is 2.21. The Morgan fingerprint density at radius 1 is 1.00 bits per heavy atom. The highest BCUT2D eigenvalue weighted by molar-refractivity contribution is 6.01. The summed E-state index contributed by atoms with van der Waals surface area (Å²) in [6.07, 6.45) is 1.44. The average Bonchev–Trinajstić information content (AvgIpc) is 3.08. The SMILES string of the molecule is Cc1cccc(Nc2ccc(NC(=O)c3ccco3)nn2)c1C. The third kappa shape index (κ3) is 3.37. The molecule has 0 saturated carbocycles. The lowest BCUT2D eigenvalue weighted by Crippen LogP contribution is -2.12. The molecule has 0 aliphatic carbocycles. The molecule has 2 aromatic heterocycles. The summed E-state index contributed by atoms with van der Waals surface area (Å²) in [5, 5.41) is 13.9. The number of furan rings is 1. The summed E-state index contributed by atoms with van der Waals surface area (Å²) in [5.41, 5.74) is 3.33. The number of nitrogens with one attached hydrogen (secondary N) is 2. The summed E-state index contributed by atoms with van der Waals surface area (Å²) in [4.78, 5) is 11.8. The van der Waals surface area contributed by atoms with Gasteiger partial charge in [-0.05, 0) is 55.3 Å². The zero-order valence-corrected chi connectivity index (χ0v) is 12.8. The van der Waals surface area contributed by atoms with E-state index in [2.05, 4.69) is 33.8 Å². The van der Waals surface area contributed by atoms with Crippen LogP contribution in [0.5, 0.6) is 0 Å². The minimum absolute atomic E-state index is 0.226. The third-order valence-electron chi connectivity index (χ3n) is 3.52. The van der Waals surface area contributed by atoms with Crippen LogP contribution in [0.1, 0.15) is 21.7 Å². The van der Waals surface area contributed by atoms with Crippen LogP contribution in [0.25, 0.3) is 0 Å². The van der Waals surface area contributed by atoms with Crippen LogP contribution < -0.4 is 10.6 Å². The minimum Gasteiger partial charge on any atom is -0.459 e. The van der Waals surface area contributed by atoms with Crippen LogP contribution in [0.2, 0.25) is 0 Å². The monoisotopic (exact) mass is 308 g/mol. The van der Waals surface area contributed by atoms with Crippen LogP contribution in [-0.2, 0) is 0 Å². The fourth-order valence-corrected chi connectivity index (χ4v) is 2.08. The molecule has 6 nitrogen and oxygen atoms in total. The van der Waals surface area contributed by atoms with Gasteiger partial charge in [-0.2, -0.15) is 0 Å². The van der Waals surface area contributed by atoms with Crippen LogP contribution >= 0.6 is 0 Å². The first-order chi connectivity index (χ1) is 11.1. The number of aryl methyl sites for hydroxylation is 1. The second-order valence-electron chi connectivity index (χ2n) is 5.11. The van der Waals surface area contributed by atoms with Gasteiger partial charge >= 0.3 is 0 Å². The van der Waals surface area contributed by atoms with Crippen molar-refractivity contribution in [1.82, 2.24) is 10.2 Å². The van der Waals surface area contributed by atoms with Gasteiger partial charge < -0.3 is 15.1 Å². The Morgan fingerprint density at radius 3 is 2.48 bits per heavy atom. The molecular formula is C17H16N4O2. The zero-order valence-electron chi connectivity index (χ0n) is 12.8. The predicted molar refractivity (Wildman–Crippen MR) is 87.9 cm³/mol. The maximum atomic E-state index is 11.8. The summed E-state index contributed by atoms with van der Waals surface area (Å²) in [6.45, 7) is 4.10. The van der Waals surface area contributed by atoms with Gasteiger partial charge in [0.1, 0.15) is 0 Å². The highest BCUT2D eigenvalue weighted by Gasteiger charge is 2.10. The molecule has 0 aliphatic heterocycles. The summed E-state index contributed by atoms with van der Waals surface area (Å²) in [5.74, 6) is 0.830. The number of carbonyl (C=O) groups excluding carboxylic acids is 1. The predicted octanol–water partition coefficient (Wildman–Crippen LogP) is 3.68. The quantitative estimate of drug-likeness (QED) is 0.768. The molecule has 0 unspecified atom stereocenters. The number of amides is 1. The summed E-state index contributed by atoms with van der Waals surface area (Å²) >= 11 is 0. The van der Waals surface area contributed by atoms with Crippen molar-refractivity contribution in [1.29, 1.82) is 0 Å². The molecule has 3 rings (SSSR count). The second-order valence-corrected chi connectivity index (χ2v) is 5.11. The molecule has 6 heteroatoms. The van der Waals surface area contributed by atoms with Gasteiger partial charge in [-0.25, -0.2) is 0 Å². The first-order valence-electron chi connectivity index (χ1n) is 7.15. The molecule has 0 bridgehead atoms. The lowest BCUT2D eigenvalue weighted by Gasteiger charge is -2.10. The Bertz CT molecular complexity index is 811. The lowest BCUT2D eigenvalue weighted by atomic mass is 10.1. The van der Waals surface area contributed by atoms with Gasteiger partial charge in [0, 0.05) is 5.69 Å². The fourth-order valence-electron chi connectivity index (χ4n) is 2.08. The van der Waals surface area contributed by atoms with Crippen molar-refractivity contribution in [2.24, 2.45) is 0 Å². The van der Waals surface area contributed by atoms with Gasteiger partial charge in [-0.3, -0.25) is 4.79 Å². The van der Waals surface area contributed by atoms with Gasteiger partial charge in [0.15, 0.2) is 17.4 Å². The van der Waals surface area contributed by atoms with Crippen molar-refractivity contribution in [3.05, 3.63) is 65.6 Å². The number of carbonyl (C=O) groups is 1. The Balaban J connectivity index is 1.70. The van der Waals surface area contributed by atoms with Gasteiger partial charge in [0.2, 0.25) is 0 Å². The van der Waals surface area contributed by atoms with Crippen LogP contribution in [0.4, 0.5) is 17.3 Å². The molecule has 23 heavy (non-hydrogen) atoms. The maximum absolute atomic E-state index is 11.8. The molecule has 3 aromatic rings. The van der Waals surface area contributed by atoms with E-state index in [-0.39, 0.29) is 11.7 Å².